The van der Waals surface area contributed by atoms with E-state index in [1.54, 1.807) is 11.8 Å². The molecule has 1 unspecified atom stereocenters. The molecule has 0 aliphatic carbocycles. The van der Waals surface area contributed by atoms with Gasteiger partial charge in [0.1, 0.15) is 0 Å². The van der Waals surface area contributed by atoms with Crippen molar-refractivity contribution in [3.8, 4) is 0 Å². The summed E-state index contributed by atoms with van der Waals surface area (Å²) in [6, 6.07) is 0. The highest BCUT2D eigenvalue weighted by Crippen LogP contribution is 2.01. The second kappa shape index (κ2) is 8.46. The average molecular weight is 259 g/mol. The van der Waals surface area contributed by atoms with Crippen molar-refractivity contribution >= 4 is 17.8 Å². The Bertz CT molecular complexity index is 307. The summed E-state index contributed by atoms with van der Waals surface area (Å²) in [5.74, 6) is -2.08. The first kappa shape index (κ1) is 16.4. The molecule has 0 saturated carbocycles. The maximum atomic E-state index is 10.9. The number of rotatable bonds is 9. The average Bonchev–Trinajstić information content (AvgIpc) is 2.22. The van der Waals surface area contributed by atoms with Crippen LogP contribution < -0.4 is 11.1 Å². The molecule has 0 aliphatic rings. The summed E-state index contributed by atoms with van der Waals surface area (Å²) in [5.41, 5.74) is 5.10. The zero-order chi connectivity index (χ0) is 14.1. The van der Waals surface area contributed by atoms with Crippen molar-refractivity contribution in [1.82, 2.24) is 10.2 Å². The van der Waals surface area contributed by atoms with Crippen molar-refractivity contribution in [2.24, 2.45) is 11.7 Å². The molecule has 7 nitrogen and oxygen atoms in total. The van der Waals surface area contributed by atoms with Crippen molar-refractivity contribution in [3.05, 3.63) is 0 Å². The highest BCUT2D eigenvalue weighted by molar-refractivity contribution is 5.76. The molecule has 1 atom stereocenters. The monoisotopic (exact) mass is 259 g/mol. The number of carbonyl (C=O) groups is 3. The Balaban J connectivity index is 4.10. The predicted molar refractivity (Wildman–Crippen MR) is 65.7 cm³/mol. The molecule has 7 heteroatoms. The van der Waals surface area contributed by atoms with E-state index in [1.165, 1.54) is 6.92 Å². The smallest absolute Gasteiger partial charge is 0.307 e. The number of nitrogens with one attached hydrogen (secondary N) is 1. The summed E-state index contributed by atoms with van der Waals surface area (Å²) in [7, 11) is 0. The van der Waals surface area contributed by atoms with Crippen LogP contribution in [-0.4, -0.2) is 54.0 Å². The van der Waals surface area contributed by atoms with Crippen LogP contribution in [0.1, 0.15) is 20.3 Å². The van der Waals surface area contributed by atoms with E-state index in [-0.39, 0.29) is 19.0 Å². The fraction of sp³-hybridized carbons (Fsp3) is 0.727. The van der Waals surface area contributed by atoms with E-state index in [0.717, 1.165) is 0 Å². The fourth-order valence-electron chi connectivity index (χ4n) is 1.49. The van der Waals surface area contributed by atoms with Gasteiger partial charge in [0.15, 0.2) is 0 Å². The Morgan fingerprint density at radius 3 is 2.44 bits per heavy atom. The molecule has 0 aromatic rings. The van der Waals surface area contributed by atoms with Gasteiger partial charge >= 0.3 is 5.97 Å². The Labute approximate surface area is 106 Å². The molecule has 0 aromatic carbocycles. The molecule has 0 saturated heterocycles. The van der Waals surface area contributed by atoms with Crippen LogP contribution in [0.15, 0.2) is 0 Å². The van der Waals surface area contributed by atoms with Gasteiger partial charge in [0.25, 0.3) is 0 Å². The van der Waals surface area contributed by atoms with E-state index in [9.17, 15) is 14.4 Å². The molecule has 0 aromatic heterocycles. The maximum Gasteiger partial charge on any atom is 0.307 e. The largest absolute Gasteiger partial charge is 0.481 e. The van der Waals surface area contributed by atoms with Crippen LogP contribution >= 0.6 is 0 Å². The molecule has 0 radical (unpaired) electrons. The number of aliphatic carboxylic acids is 1. The normalized spacial score (nSPS) is 12.2. The number of hydrogen-bond acceptors (Lipinski definition) is 4. The number of nitrogens with zero attached hydrogens (tertiary/aromatic N) is 1. The van der Waals surface area contributed by atoms with Gasteiger partial charge in [-0.3, -0.25) is 19.3 Å². The summed E-state index contributed by atoms with van der Waals surface area (Å²) >= 11 is 0. The lowest BCUT2D eigenvalue weighted by Gasteiger charge is -2.22. The fourth-order valence-corrected chi connectivity index (χ4v) is 1.49. The maximum absolute atomic E-state index is 10.9. The molecular formula is C11H21N3O4. The van der Waals surface area contributed by atoms with Crippen molar-refractivity contribution in [2.75, 3.05) is 26.2 Å². The van der Waals surface area contributed by atoms with Crippen LogP contribution in [0.25, 0.3) is 0 Å². The molecule has 0 bridgehead atoms. The minimum Gasteiger partial charge on any atom is -0.481 e. The highest BCUT2D eigenvalue weighted by Gasteiger charge is 2.17. The molecule has 4 N–H and O–H groups in total. The third-order valence-electron chi connectivity index (χ3n) is 2.36. The Kier molecular flexibility index (Phi) is 7.69. The molecule has 104 valence electrons. The molecule has 0 rings (SSSR count). The van der Waals surface area contributed by atoms with E-state index in [0.29, 0.717) is 19.5 Å². The van der Waals surface area contributed by atoms with E-state index in [1.807, 2.05) is 0 Å². The number of nitrogens with two attached hydrogens (primary N) is 1. The summed E-state index contributed by atoms with van der Waals surface area (Å²) < 4.78 is 0. The van der Waals surface area contributed by atoms with E-state index >= 15 is 0 Å². The highest BCUT2D eigenvalue weighted by atomic mass is 16.4. The van der Waals surface area contributed by atoms with Gasteiger partial charge in [-0.05, 0) is 6.42 Å². The zero-order valence-electron chi connectivity index (χ0n) is 10.8. The molecule has 0 spiro atoms. The second-order valence-corrected chi connectivity index (χ2v) is 4.28. The summed E-state index contributed by atoms with van der Waals surface area (Å²) in [6.07, 6.45) is 0.638. The number of hydrogen-bond donors (Lipinski definition) is 3. The first-order chi connectivity index (χ1) is 8.32. The number of carbonyl (C=O) groups excluding carboxylic acids is 2. The van der Waals surface area contributed by atoms with Crippen LogP contribution in [0.2, 0.25) is 0 Å². The van der Waals surface area contributed by atoms with Crippen molar-refractivity contribution in [3.63, 3.8) is 0 Å². The summed E-state index contributed by atoms with van der Waals surface area (Å²) in [5, 5.41) is 11.4. The SMILES string of the molecule is CC(=O)NCCCN(CC(N)=O)CC(C)C(=O)O. The first-order valence-electron chi connectivity index (χ1n) is 5.80. The van der Waals surface area contributed by atoms with Crippen molar-refractivity contribution in [1.29, 1.82) is 0 Å². The lowest BCUT2D eigenvalue weighted by molar-refractivity contribution is -0.142. The molecule has 18 heavy (non-hydrogen) atoms. The van der Waals surface area contributed by atoms with Crippen LogP contribution in [0, 0.1) is 5.92 Å². The minimum absolute atomic E-state index is 0.0255. The molecule has 0 heterocycles. The van der Waals surface area contributed by atoms with Crippen LogP contribution in [0.5, 0.6) is 0 Å². The number of amides is 2. The van der Waals surface area contributed by atoms with Gasteiger partial charge in [0.05, 0.1) is 12.5 Å². The van der Waals surface area contributed by atoms with Gasteiger partial charge in [0, 0.05) is 26.6 Å². The molecule has 0 fully saturated rings. The van der Waals surface area contributed by atoms with E-state index < -0.39 is 17.8 Å². The van der Waals surface area contributed by atoms with Gasteiger partial charge in [-0.25, -0.2) is 0 Å². The number of carboxylic acids is 1. The predicted octanol–water partition coefficient (Wildman–Crippen LogP) is -0.979. The Morgan fingerprint density at radius 2 is 2.00 bits per heavy atom. The quantitative estimate of drug-likeness (QED) is 0.461. The minimum atomic E-state index is -0.911. The Hall–Kier alpha value is -1.63. The van der Waals surface area contributed by atoms with Crippen molar-refractivity contribution in [2.45, 2.75) is 20.3 Å². The zero-order valence-corrected chi connectivity index (χ0v) is 10.8. The molecule has 2 amide bonds. The van der Waals surface area contributed by atoms with E-state index in [2.05, 4.69) is 5.32 Å². The van der Waals surface area contributed by atoms with Gasteiger partial charge in [0.2, 0.25) is 11.8 Å². The van der Waals surface area contributed by atoms with E-state index in [4.69, 9.17) is 10.8 Å². The second-order valence-electron chi connectivity index (χ2n) is 4.28. The van der Waals surface area contributed by atoms with Gasteiger partial charge in [-0.1, -0.05) is 6.92 Å². The van der Waals surface area contributed by atoms with Crippen LogP contribution in [-0.2, 0) is 14.4 Å². The van der Waals surface area contributed by atoms with Crippen molar-refractivity contribution < 1.29 is 19.5 Å². The third-order valence-corrected chi connectivity index (χ3v) is 2.36. The third kappa shape index (κ3) is 8.51. The van der Waals surface area contributed by atoms with Gasteiger partial charge in [-0.15, -0.1) is 0 Å². The first-order valence-corrected chi connectivity index (χ1v) is 5.80. The number of primary amides is 1. The van der Waals surface area contributed by atoms with Crippen LogP contribution in [0.4, 0.5) is 0 Å². The summed E-state index contributed by atoms with van der Waals surface area (Å²) in [6.45, 7) is 4.29. The summed E-state index contributed by atoms with van der Waals surface area (Å²) in [4.78, 5) is 33.9. The standard InChI is InChI=1S/C11H21N3O4/c1-8(11(17)18)6-14(7-10(12)16)5-3-4-13-9(2)15/h8H,3-7H2,1-2H3,(H2,12,16)(H,13,15)(H,17,18). The molecular weight excluding hydrogens is 238 g/mol. The van der Waals surface area contributed by atoms with Gasteiger partial charge < -0.3 is 16.2 Å². The van der Waals surface area contributed by atoms with Gasteiger partial charge in [-0.2, -0.15) is 0 Å². The Morgan fingerprint density at radius 1 is 1.39 bits per heavy atom. The van der Waals surface area contributed by atoms with Crippen LogP contribution in [0.3, 0.4) is 0 Å². The lowest BCUT2D eigenvalue weighted by atomic mass is 10.1. The lowest BCUT2D eigenvalue weighted by Crippen LogP contribution is -2.39. The number of carboxylic acid groups (broad SMARTS) is 1. The molecule has 0 aliphatic heterocycles. The topological polar surface area (TPSA) is 113 Å².